The van der Waals surface area contributed by atoms with E-state index in [4.69, 9.17) is 0 Å². The van der Waals surface area contributed by atoms with E-state index in [9.17, 15) is 9.59 Å². The van der Waals surface area contributed by atoms with E-state index >= 15 is 0 Å². The largest absolute Gasteiger partial charge is 0.356 e. The molecule has 0 radical (unpaired) electrons. The van der Waals surface area contributed by atoms with Crippen LogP contribution in [0.2, 0.25) is 0 Å². The molecule has 2 aromatic carbocycles. The molecular formula is C26H36N2O2. The van der Waals surface area contributed by atoms with Crippen molar-refractivity contribution in [2.24, 2.45) is 11.8 Å². The molecule has 0 saturated carbocycles. The number of hydrogen-bond donors (Lipinski definition) is 1. The van der Waals surface area contributed by atoms with E-state index in [-0.39, 0.29) is 17.7 Å². The molecule has 4 nitrogen and oxygen atoms in total. The van der Waals surface area contributed by atoms with Crippen molar-refractivity contribution in [3.8, 4) is 0 Å². The Morgan fingerprint density at radius 1 is 0.900 bits per heavy atom. The molecule has 0 fully saturated rings. The third-order valence-corrected chi connectivity index (χ3v) is 5.47. The third kappa shape index (κ3) is 7.66. The lowest BCUT2D eigenvalue weighted by Crippen LogP contribution is -2.32. The van der Waals surface area contributed by atoms with Crippen molar-refractivity contribution in [3.63, 3.8) is 0 Å². The molecule has 2 rings (SSSR count). The van der Waals surface area contributed by atoms with E-state index in [1.807, 2.05) is 67.6 Å². The number of rotatable bonds is 12. The second-order valence-corrected chi connectivity index (χ2v) is 8.13. The van der Waals surface area contributed by atoms with Crippen molar-refractivity contribution in [2.75, 3.05) is 11.4 Å². The Bertz CT molecular complexity index is 722. The van der Waals surface area contributed by atoms with Gasteiger partial charge in [0, 0.05) is 30.8 Å². The molecule has 2 atom stereocenters. The Morgan fingerprint density at radius 3 is 1.97 bits per heavy atom. The van der Waals surface area contributed by atoms with Crippen LogP contribution in [0.1, 0.15) is 59.3 Å². The molecule has 1 N–H and O–H groups in total. The van der Waals surface area contributed by atoms with Crippen molar-refractivity contribution in [2.45, 2.75) is 59.3 Å². The highest BCUT2D eigenvalue weighted by atomic mass is 16.2. The van der Waals surface area contributed by atoms with Gasteiger partial charge in [0.25, 0.3) is 0 Å². The minimum atomic E-state index is -0.0249. The van der Waals surface area contributed by atoms with Crippen LogP contribution in [0.25, 0.3) is 0 Å². The summed E-state index contributed by atoms with van der Waals surface area (Å²) in [6.07, 6.45) is 5.32. The highest BCUT2D eigenvalue weighted by Crippen LogP contribution is 2.27. The number of unbranched alkanes of at least 4 members (excludes halogenated alkanes) is 1. The Labute approximate surface area is 181 Å². The summed E-state index contributed by atoms with van der Waals surface area (Å²) < 4.78 is 0. The molecule has 2 aromatic rings. The highest BCUT2D eigenvalue weighted by Gasteiger charge is 2.21. The molecule has 0 aliphatic carbocycles. The highest BCUT2D eigenvalue weighted by molar-refractivity contribution is 6.00. The summed E-state index contributed by atoms with van der Waals surface area (Å²) in [6, 6.07) is 19.3. The fourth-order valence-corrected chi connectivity index (χ4v) is 3.64. The molecule has 0 bridgehead atoms. The van der Waals surface area contributed by atoms with E-state index in [1.165, 1.54) is 12.8 Å². The van der Waals surface area contributed by atoms with Crippen molar-refractivity contribution in [1.82, 2.24) is 5.32 Å². The first-order chi connectivity index (χ1) is 14.5. The summed E-state index contributed by atoms with van der Waals surface area (Å²) in [5.74, 6) is 0.555. The third-order valence-electron chi connectivity index (χ3n) is 5.47. The minimum absolute atomic E-state index is 0.00193. The van der Waals surface area contributed by atoms with Crippen molar-refractivity contribution in [3.05, 3.63) is 60.7 Å². The van der Waals surface area contributed by atoms with Gasteiger partial charge < -0.3 is 5.32 Å². The van der Waals surface area contributed by atoms with Gasteiger partial charge in [0.1, 0.15) is 0 Å². The first-order valence-corrected chi connectivity index (χ1v) is 11.2. The van der Waals surface area contributed by atoms with E-state index in [2.05, 4.69) is 19.2 Å². The summed E-state index contributed by atoms with van der Waals surface area (Å²) in [4.78, 5) is 27.3. The molecule has 0 unspecified atom stereocenters. The van der Waals surface area contributed by atoms with Gasteiger partial charge in [-0.1, -0.05) is 76.4 Å². The van der Waals surface area contributed by atoms with Crippen LogP contribution in [-0.2, 0) is 9.59 Å². The first-order valence-electron chi connectivity index (χ1n) is 11.2. The number of anilines is 2. The fraction of sp³-hybridized carbons (Fsp3) is 0.462. The molecular weight excluding hydrogens is 372 g/mol. The monoisotopic (exact) mass is 408 g/mol. The van der Waals surface area contributed by atoms with Crippen molar-refractivity contribution >= 4 is 23.2 Å². The van der Waals surface area contributed by atoms with Gasteiger partial charge in [-0.3, -0.25) is 14.5 Å². The molecule has 2 amide bonds. The average Bonchev–Trinajstić information content (AvgIpc) is 2.75. The molecule has 0 aliphatic rings. The number of amides is 2. The smallest absolute Gasteiger partial charge is 0.231 e. The van der Waals surface area contributed by atoms with Crippen LogP contribution in [-0.4, -0.2) is 18.4 Å². The van der Waals surface area contributed by atoms with Crippen LogP contribution in [0.4, 0.5) is 11.4 Å². The molecule has 0 spiro atoms. The number of para-hydroxylation sites is 2. The molecule has 0 heterocycles. The molecule has 30 heavy (non-hydrogen) atoms. The number of benzene rings is 2. The molecule has 0 saturated heterocycles. The number of nitrogens with zero attached hydrogens (tertiary/aromatic N) is 1. The second-order valence-electron chi connectivity index (χ2n) is 8.13. The van der Waals surface area contributed by atoms with Gasteiger partial charge in [-0.05, 0) is 42.5 Å². The SMILES string of the molecule is CCCC[C@@H](CC)CNC(=O)C[C@H](C)CC(=O)N(c1ccccc1)c1ccccc1. The Morgan fingerprint density at radius 2 is 1.47 bits per heavy atom. The van der Waals surface area contributed by atoms with Gasteiger partial charge in [-0.25, -0.2) is 0 Å². The lowest BCUT2D eigenvalue weighted by atomic mass is 9.98. The van der Waals surface area contributed by atoms with Crippen molar-refractivity contribution in [1.29, 1.82) is 0 Å². The molecule has 162 valence electrons. The zero-order valence-corrected chi connectivity index (χ0v) is 18.6. The van der Waals surface area contributed by atoms with Crippen LogP contribution in [0.3, 0.4) is 0 Å². The zero-order valence-electron chi connectivity index (χ0n) is 18.6. The predicted molar refractivity (Wildman–Crippen MR) is 125 cm³/mol. The predicted octanol–water partition coefficient (Wildman–Crippen LogP) is 6.10. The maximum Gasteiger partial charge on any atom is 0.231 e. The van der Waals surface area contributed by atoms with Gasteiger partial charge in [-0.15, -0.1) is 0 Å². The Hall–Kier alpha value is -2.62. The number of nitrogens with one attached hydrogen (secondary N) is 1. The summed E-state index contributed by atoms with van der Waals surface area (Å²) in [6.45, 7) is 7.07. The van der Waals surface area contributed by atoms with Gasteiger partial charge in [0.2, 0.25) is 11.8 Å². The number of carbonyl (C=O) groups is 2. The lowest BCUT2D eigenvalue weighted by molar-refractivity contribution is -0.122. The average molecular weight is 409 g/mol. The molecule has 0 aliphatic heterocycles. The first kappa shape index (κ1) is 23.7. The fourth-order valence-electron chi connectivity index (χ4n) is 3.64. The normalized spacial score (nSPS) is 12.8. The molecule has 4 heteroatoms. The Balaban J connectivity index is 1.94. The topological polar surface area (TPSA) is 49.4 Å². The van der Waals surface area contributed by atoms with E-state index < -0.39 is 0 Å². The minimum Gasteiger partial charge on any atom is -0.356 e. The number of hydrogen-bond acceptors (Lipinski definition) is 2. The standard InChI is InChI=1S/C26H36N2O2/c1-4-6-13-22(5-2)20-27-25(29)18-21(3)19-26(30)28(23-14-9-7-10-15-23)24-16-11-8-12-17-24/h7-12,14-17,21-22H,4-6,13,18-20H2,1-3H3,(H,27,29)/t21-,22+/m0/s1. The van der Waals surface area contributed by atoms with Crippen LogP contribution in [0, 0.1) is 11.8 Å². The summed E-state index contributed by atoms with van der Waals surface area (Å²) in [7, 11) is 0. The maximum absolute atomic E-state index is 13.2. The van der Waals surface area contributed by atoms with Crippen LogP contribution < -0.4 is 10.2 Å². The van der Waals surface area contributed by atoms with Gasteiger partial charge >= 0.3 is 0 Å². The lowest BCUT2D eigenvalue weighted by Gasteiger charge is -2.24. The maximum atomic E-state index is 13.2. The van der Waals surface area contributed by atoms with Crippen LogP contribution in [0.15, 0.2) is 60.7 Å². The zero-order chi connectivity index (χ0) is 21.8. The van der Waals surface area contributed by atoms with Crippen LogP contribution in [0.5, 0.6) is 0 Å². The molecule has 0 aromatic heterocycles. The summed E-state index contributed by atoms with van der Waals surface area (Å²) in [5.41, 5.74) is 1.68. The van der Waals surface area contributed by atoms with E-state index in [0.29, 0.717) is 18.8 Å². The van der Waals surface area contributed by atoms with Gasteiger partial charge in [0.05, 0.1) is 0 Å². The number of carbonyl (C=O) groups excluding carboxylic acids is 2. The second kappa shape index (κ2) is 12.8. The van der Waals surface area contributed by atoms with E-state index in [0.717, 1.165) is 30.8 Å². The summed E-state index contributed by atoms with van der Waals surface area (Å²) in [5, 5.41) is 3.08. The quantitative estimate of drug-likeness (QED) is 0.461. The Kier molecular flexibility index (Phi) is 10.1. The van der Waals surface area contributed by atoms with Gasteiger partial charge in [0.15, 0.2) is 0 Å². The summed E-state index contributed by atoms with van der Waals surface area (Å²) >= 11 is 0. The van der Waals surface area contributed by atoms with Gasteiger partial charge in [-0.2, -0.15) is 0 Å². The van der Waals surface area contributed by atoms with Crippen molar-refractivity contribution < 1.29 is 9.59 Å². The van der Waals surface area contributed by atoms with E-state index in [1.54, 1.807) is 4.90 Å². The van der Waals surface area contributed by atoms with Crippen LogP contribution >= 0.6 is 0 Å².